The number of hydrogen-bond acceptors (Lipinski definition) is 3. The topological polar surface area (TPSA) is 29.5 Å². The lowest BCUT2D eigenvalue weighted by Gasteiger charge is -2.14. The molecule has 0 fully saturated rings. The largest absolute Gasteiger partial charge is 0.493 e. The molecule has 1 unspecified atom stereocenters. The smallest absolute Gasteiger partial charge is 0.125 e. The number of aliphatic hydroxyl groups is 1. The van der Waals surface area contributed by atoms with Gasteiger partial charge in [-0.15, -0.1) is 0 Å². The van der Waals surface area contributed by atoms with Gasteiger partial charge >= 0.3 is 0 Å². The summed E-state index contributed by atoms with van der Waals surface area (Å²) >= 11 is 1.70. The summed E-state index contributed by atoms with van der Waals surface area (Å²) in [5.74, 6) is 0.792. The van der Waals surface area contributed by atoms with Gasteiger partial charge in [-0.1, -0.05) is 12.1 Å². The summed E-state index contributed by atoms with van der Waals surface area (Å²) in [7, 11) is 0. The van der Waals surface area contributed by atoms with Gasteiger partial charge in [-0.25, -0.2) is 0 Å². The fourth-order valence-corrected chi connectivity index (χ4v) is 2.53. The normalized spacial score (nSPS) is 12.4. The van der Waals surface area contributed by atoms with Crippen LogP contribution in [0.15, 0.2) is 35.0 Å². The van der Waals surface area contributed by atoms with Crippen LogP contribution in [0.25, 0.3) is 0 Å². The SMILES string of the molecule is Cc1ccc(C(C)O)c(OCCc2ccsc2)c1. The van der Waals surface area contributed by atoms with Crippen molar-refractivity contribution in [1.29, 1.82) is 0 Å². The predicted octanol–water partition coefficient (Wildman–Crippen LogP) is 3.73. The molecule has 0 bridgehead atoms. The summed E-state index contributed by atoms with van der Waals surface area (Å²) in [5, 5.41) is 13.9. The van der Waals surface area contributed by atoms with Gasteiger partial charge in [-0.2, -0.15) is 11.3 Å². The second-order valence-electron chi connectivity index (χ2n) is 4.45. The van der Waals surface area contributed by atoms with Crippen LogP contribution >= 0.6 is 11.3 Å². The lowest BCUT2D eigenvalue weighted by molar-refractivity contribution is 0.191. The van der Waals surface area contributed by atoms with Crippen molar-refractivity contribution in [2.75, 3.05) is 6.61 Å². The van der Waals surface area contributed by atoms with Crippen molar-refractivity contribution < 1.29 is 9.84 Å². The molecule has 1 atom stereocenters. The first kappa shape index (κ1) is 13.1. The van der Waals surface area contributed by atoms with Gasteiger partial charge in [0.2, 0.25) is 0 Å². The molecule has 1 aromatic carbocycles. The van der Waals surface area contributed by atoms with E-state index in [0.717, 1.165) is 23.3 Å². The second kappa shape index (κ2) is 6.03. The van der Waals surface area contributed by atoms with Crippen LogP contribution in [0.4, 0.5) is 0 Å². The molecule has 2 aromatic rings. The van der Waals surface area contributed by atoms with Gasteiger partial charge < -0.3 is 9.84 Å². The zero-order valence-electron chi connectivity index (χ0n) is 10.7. The monoisotopic (exact) mass is 262 g/mol. The van der Waals surface area contributed by atoms with Crippen LogP contribution < -0.4 is 4.74 Å². The minimum atomic E-state index is -0.498. The van der Waals surface area contributed by atoms with Crippen LogP contribution in [0.2, 0.25) is 0 Å². The van der Waals surface area contributed by atoms with E-state index in [1.165, 1.54) is 5.56 Å². The summed E-state index contributed by atoms with van der Waals surface area (Å²) in [5.41, 5.74) is 3.29. The van der Waals surface area contributed by atoms with E-state index in [4.69, 9.17) is 4.74 Å². The van der Waals surface area contributed by atoms with E-state index in [9.17, 15) is 5.11 Å². The molecule has 0 aliphatic heterocycles. The van der Waals surface area contributed by atoms with Gasteiger partial charge in [0.15, 0.2) is 0 Å². The maximum absolute atomic E-state index is 9.70. The molecular weight excluding hydrogens is 244 g/mol. The Hall–Kier alpha value is -1.32. The molecular formula is C15H18O2S. The molecule has 0 amide bonds. The van der Waals surface area contributed by atoms with Crippen molar-refractivity contribution >= 4 is 11.3 Å². The Morgan fingerprint density at radius 2 is 2.17 bits per heavy atom. The maximum Gasteiger partial charge on any atom is 0.125 e. The molecule has 2 rings (SSSR count). The number of aryl methyl sites for hydroxylation is 1. The maximum atomic E-state index is 9.70. The van der Waals surface area contributed by atoms with E-state index >= 15 is 0 Å². The molecule has 0 spiro atoms. The van der Waals surface area contributed by atoms with Gasteiger partial charge in [-0.3, -0.25) is 0 Å². The van der Waals surface area contributed by atoms with Crippen molar-refractivity contribution in [2.45, 2.75) is 26.4 Å². The van der Waals surface area contributed by atoms with E-state index in [1.807, 2.05) is 25.1 Å². The lowest BCUT2D eigenvalue weighted by Crippen LogP contribution is -2.04. The molecule has 0 aliphatic carbocycles. The van der Waals surface area contributed by atoms with Crippen molar-refractivity contribution in [2.24, 2.45) is 0 Å². The fourth-order valence-electron chi connectivity index (χ4n) is 1.83. The number of benzene rings is 1. The molecule has 1 heterocycles. The van der Waals surface area contributed by atoms with Crippen LogP contribution in [0.1, 0.15) is 29.7 Å². The van der Waals surface area contributed by atoms with Crippen LogP contribution in [0.3, 0.4) is 0 Å². The molecule has 0 saturated carbocycles. The Balaban J connectivity index is 2.01. The third-order valence-electron chi connectivity index (χ3n) is 2.85. The Labute approximate surface area is 112 Å². The van der Waals surface area contributed by atoms with E-state index < -0.39 is 6.10 Å². The summed E-state index contributed by atoms with van der Waals surface area (Å²) in [6.45, 7) is 4.42. The number of hydrogen-bond donors (Lipinski definition) is 1. The van der Waals surface area contributed by atoms with Crippen molar-refractivity contribution in [3.05, 3.63) is 51.7 Å². The van der Waals surface area contributed by atoms with Crippen LogP contribution in [0.5, 0.6) is 5.75 Å². The van der Waals surface area contributed by atoms with Crippen LogP contribution in [0, 0.1) is 6.92 Å². The molecule has 18 heavy (non-hydrogen) atoms. The molecule has 0 aliphatic rings. The van der Waals surface area contributed by atoms with E-state index in [0.29, 0.717) is 6.61 Å². The molecule has 2 nitrogen and oxygen atoms in total. The van der Waals surface area contributed by atoms with Gasteiger partial charge in [0, 0.05) is 12.0 Å². The first-order valence-corrected chi connectivity index (χ1v) is 7.03. The summed E-state index contributed by atoms with van der Waals surface area (Å²) in [4.78, 5) is 0. The summed E-state index contributed by atoms with van der Waals surface area (Å²) in [6.07, 6.45) is 0.401. The minimum Gasteiger partial charge on any atom is -0.493 e. The average Bonchev–Trinajstić information content (AvgIpc) is 2.82. The quantitative estimate of drug-likeness (QED) is 0.889. The van der Waals surface area contributed by atoms with E-state index in [2.05, 4.69) is 16.8 Å². The van der Waals surface area contributed by atoms with Crippen LogP contribution in [-0.4, -0.2) is 11.7 Å². The fraction of sp³-hybridized carbons (Fsp3) is 0.333. The van der Waals surface area contributed by atoms with E-state index in [-0.39, 0.29) is 0 Å². The van der Waals surface area contributed by atoms with Gasteiger partial charge in [0.25, 0.3) is 0 Å². The molecule has 3 heteroatoms. The van der Waals surface area contributed by atoms with E-state index in [1.54, 1.807) is 18.3 Å². The summed E-state index contributed by atoms with van der Waals surface area (Å²) < 4.78 is 5.80. The van der Waals surface area contributed by atoms with Gasteiger partial charge in [-0.05, 0) is 47.9 Å². The third kappa shape index (κ3) is 3.34. The number of aliphatic hydroxyl groups excluding tert-OH is 1. The van der Waals surface area contributed by atoms with Crippen molar-refractivity contribution in [1.82, 2.24) is 0 Å². The molecule has 1 N–H and O–H groups in total. The predicted molar refractivity (Wildman–Crippen MR) is 75.3 cm³/mol. The molecule has 1 aromatic heterocycles. The number of ether oxygens (including phenoxy) is 1. The molecule has 96 valence electrons. The highest BCUT2D eigenvalue weighted by atomic mass is 32.1. The molecule has 0 radical (unpaired) electrons. The highest BCUT2D eigenvalue weighted by Gasteiger charge is 2.09. The molecule has 0 saturated heterocycles. The van der Waals surface area contributed by atoms with Crippen molar-refractivity contribution in [3.63, 3.8) is 0 Å². The lowest BCUT2D eigenvalue weighted by atomic mass is 10.1. The first-order chi connectivity index (χ1) is 8.66. The Bertz CT molecular complexity index is 489. The Morgan fingerprint density at radius 1 is 1.33 bits per heavy atom. The van der Waals surface area contributed by atoms with Gasteiger partial charge in [0.05, 0.1) is 12.7 Å². The Kier molecular flexibility index (Phi) is 4.39. The summed E-state index contributed by atoms with van der Waals surface area (Å²) in [6, 6.07) is 8.02. The highest BCUT2D eigenvalue weighted by molar-refractivity contribution is 7.07. The number of rotatable bonds is 5. The standard InChI is InChI=1S/C15H18O2S/c1-11-3-4-14(12(2)16)15(9-11)17-7-5-13-6-8-18-10-13/h3-4,6,8-10,12,16H,5,7H2,1-2H3. The third-order valence-corrected chi connectivity index (χ3v) is 3.58. The zero-order valence-corrected chi connectivity index (χ0v) is 11.5. The first-order valence-electron chi connectivity index (χ1n) is 6.09. The minimum absolute atomic E-state index is 0.498. The second-order valence-corrected chi connectivity index (χ2v) is 5.23. The number of thiophene rings is 1. The van der Waals surface area contributed by atoms with Gasteiger partial charge in [0.1, 0.15) is 5.75 Å². The Morgan fingerprint density at radius 3 is 2.83 bits per heavy atom. The average molecular weight is 262 g/mol. The zero-order chi connectivity index (χ0) is 13.0. The van der Waals surface area contributed by atoms with Crippen molar-refractivity contribution in [3.8, 4) is 5.75 Å². The highest BCUT2D eigenvalue weighted by Crippen LogP contribution is 2.26. The van der Waals surface area contributed by atoms with Crippen LogP contribution in [-0.2, 0) is 6.42 Å².